The Bertz CT molecular complexity index is 643. The molecule has 0 saturated heterocycles. The highest BCUT2D eigenvalue weighted by Gasteiger charge is 2.25. The topological polar surface area (TPSA) is 90.8 Å². The van der Waals surface area contributed by atoms with Crippen molar-refractivity contribution in [2.45, 2.75) is 33.7 Å². The van der Waals surface area contributed by atoms with Crippen LogP contribution in [0.15, 0.2) is 6.20 Å². The zero-order valence-electron chi connectivity index (χ0n) is 12.0. The average molecular weight is 278 g/mol. The third-order valence-electron chi connectivity index (χ3n) is 3.07. The lowest BCUT2D eigenvalue weighted by Crippen LogP contribution is -2.05. The maximum absolute atomic E-state index is 11.2. The van der Waals surface area contributed by atoms with E-state index in [2.05, 4.69) is 15.5 Å². The van der Waals surface area contributed by atoms with Gasteiger partial charge in [0.15, 0.2) is 0 Å². The minimum Gasteiger partial charge on any atom is -0.332 e. The van der Waals surface area contributed by atoms with Gasteiger partial charge in [0.05, 0.1) is 16.3 Å². The van der Waals surface area contributed by atoms with Crippen LogP contribution < -0.4 is 5.32 Å². The Morgan fingerprint density at radius 3 is 2.65 bits per heavy atom. The molecule has 0 aliphatic rings. The van der Waals surface area contributed by atoms with Gasteiger partial charge in [-0.25, -0.2) is 4.68 Å². The van der Waals surface area contributed by atoms with Gasteiger partial charge in [-0.15, -0.1) is 0 Å². The number of anilines is 2. The summed E-state index contributed by atoms with van der Waals surface area (Å²) < 4.78 is 3.28. The zero-order valence-corrected chi connectivity index (χ0v) is 12.0. The van der Waals surface area contributed by atoms with Crippen LogP contribution in [0.2, 0.25) is 0 Å². The second-order valence-corrected chi connectivity index (χ2v) is 4.50. The molecule has 0 fully saturated rings. The van der Waals surface area contributed by atoms with Crippen molar-refractivity contribution in [2.24, 2.45) is 7.05 Å². The highest BCUT2D eigenvalue weighted by molar-refractivity contribution is 5.68. The van der Waals surface area contributed by atoms with Crippen molar-refractivity contribution >= 4 is 17.2 Å². The molecule has 0 spiro atoms. The van der Waals surface area contributed by atoms with Crippen LogP contribution in [0.3, 0.4) is 0 Å². The van der Waals surface area contributed by atoms with E-state index in [0.717, 1.165) is 17.8 Å². The highest BCUT2D eigenvalue weighted by atomic mass is 16.6. The number of nitro groups is 1. The van der Waals surface area contributed by atoms with Gasteiger partial charge in [0.2, 0.25) is 5.82 Å². The first kappa shape index (κ1) is 14.0. The van der Waals surface area contributed by atoms with Gasteiger partial charge in [-0.05, 0) is 20.3 Å². The fraction of sp³-hybridized carbons (Fsp3) is 0.500. The van der Waals surface area contributed by atoms with E-state index >= 15 is 0 Å². The normalized spacial score (nSPS) is 10.8. The molecule has 0 amide bonds. The van der Waals surface area contributed by atoms with E-state index in [1.165, 1.54) is 0 Å². The largest absolute Gasteiger partial charge is 0.334 e. The Hall–Kier alpha value is -2.38. The minimum atomic E-state index is -0.404. The molecule has 2 rings (SSSR count). The molecule has 20 heavy (non-hydrogen) atoms. The summed E-state index contributed by atoms with van der Waals surface area (Å²) in [7, 11) is 1.82. The minimum absolute atomic E-state index is 0.0118. The van der Waals surface area contributed by atoms with Gasteiger partial charge >= 0.3 is 5.69 Å². The number of hydrogen-bond acceptors (Lipinski definition) is 5. The molecule has 108 valence electrons. The van der Waals surface area contributed by atoms with Crippen LogP contribution in [0.4, 0.5) is 17.2 Å². The summed E-state index contributed by atoms with van der Waals surface area (Å²) in [5.74, 6) is 0.401. The molecule has 2 heterocycles. The Labute approximate surface area is 116 Å². The fourth-order valence-electron chi connectivity index (χ4n) is 2.17. The van der Waals surface area contributed by atoms with Gasteiger partial charge in [0.1, 0.15) is 5.69 Å². The van der Waals surface area contributed by atoms with Gasteiger partial charge in [-0.3, -0.25) is 14.8 Å². The van der Waals surface area contributed by atoms with Crippen LogP contribution in [-0.2, 0) is 20.0 Å². The summed E-state index contributed by atoms with van der Waals surface area (Å²) >= 11 is 0. The molecule has 8 nitrogen and oxygen atoms in total. The molecule has 2 aromatic heterocycles. The van der Waals surface area contributed by atoms with Crippen molar-refractivity contribution in [1.29, 1.82) is 0 Å². The maximum Gasteiger partial charge on any atom is 0.334 e. The molecule has 0 aromatic carbocycles. The Morgan fingerprint density at radius 2 is 2.10 bits per heavy atom. The van der Waals surface area contributed by atoms with Gasteiger partial charge in [-0.2, -0.15) is 10.2 Å². The molecule has 8 heteroatoms. The van der Waals surface area contributed by atoms with Crippen LogP contribution in [-0.4, -0.2) is 24.5 Å². The van der Waals surface area contributed by atoms with Crippen LogP contribution in [0.25, 0.3) is 0 Å². The van der Waals surface area contributed by atoms with E-state index in [1.807, 2.05) is 27.1 Å². The molecule has 0 atom stereocenters. The second kappa shape index (κ2) is 5.32. The highest BCUT2D eigenvalue weighted by Crippen LogP contribution is 2.31. The summed E-state index contributed by atoms with van der Waals surface area (Å²) in [6, 6.07) is 0. The molecule has 0 unspecified atom stereocenters. The summed E-state index contributed by atoms with van der Waals surface area (Å²) in [5.41, 5.74) is 2.05. The SMILES string of the molecule is CCc1nn(C)cc1Nc1c([N+](=O)[O-])c(C)nn1CC. The predicted molar refractivity (Wildman–Crippen MR) is 75.2 cm³/mol. The first-order chi connectivity index (χ1) is 9.47. The lowest BCUT2D eigenvalue weighted by molar-refractivity contribution is -0.384. The van der Waals surface area contributed by atoms with Crippen LogP contribution >= 0.6 is 0 Å². The van der Waals surface area contributed by atoms with E-state index < -0.39 is 4.92 Å². The molecule has 0 aliphatic carbocycles. The van der Waals surface area contributed by atoms with Gasteiger partial charge in [-0.1, -0.05) is 6.92 Å². The van der Waals surface area contributed by atoms with E-state index in [9.17, 15) is 10.1 Å². The number of rotatable bonds is 5. The number of aryl methyl sites for hydroxylation is 4. The Kier molecular flexibility index (Phi) is 3.73. The standard InChI is InChI=1S/C12H18N6O2/c1-5-9-10(7-16(4)15-9)13-12-11(18(19)20)8(3)14-17(12)6-2/h7,13H,5-6H2,1-4H3. The first-order valence-electron chi connectivity index (χ1n) is 6.49. The lowest BCUT2D eigenvalue weighted by Gasteiger charge is -2.06. The van der Waals surface area contributed by atoms with Crippen molar-refractivity contribution in [3.63, 3.8) is 0 Å². The fourth-order valence-corrected chi connectivity index (χ4v) is 2.17. The molecule has 0 saturated carbocycles. The van der Waals surface area contributed by atoms with Crippen molar-refractivity contribution < 1.29 is 4.92 Å². The summed E-state index contributed by atoms with van der Waals surface area (Å²) in [6.45, 7) is 6.08. The number of nitrogens with zero attached hydrogens (tertiary/aromatic N) is 5. The quantitative estimate of drug-likeness (QED) is 0.668. The number of nitrogens with one attached hydrogen (secondary N) is 1. The van der Waals surface area contributed by atoms with Gasteiger partial charge in [0.25, 0.3) is 0 Å². The summed E-state index contributed by atoms with van der Waals surface area (Å²) in [6.07, 6.45) is 2.56. The van der Waals surface area contributed by atoms with Gasteiger partial charge < -0.3 is 5.32 Å². The maximum atomic E-state index is 11.2. The third-order valence-corrected chi connectivity index (χ3v) is 3.07. The zero-order chi connectivity index (χ0) is 14.9. The molecule has 1 N–H and O–H groups in total. The number of hydrogen-bond donors (Lipinski definition) is 1. The van der Waals surface area contributed by atoms with Crippen molar-refractivity contribution in [2.75, 3.05) is 5.32 Å². The van der Waals surface area contributed by atoms with Crippen molar-refractivity contribution in [1.82, 2.24) is 19.6 Å². The predicted octanol–water partition coefficient (Wildman–Crippen LogP) is 2.16. The molecular formula is C12H18N6O2. The summed E-state index contributed by atoms with van der Waals surface area (Å²) in [4.78, 5) is 10.8. The van der Waals surface area contributed by atoms with E-state index in [4.69, 9.17) is 0 Å². The van der Waals surface area contributed by atoms with Crippen molar-refractivity contribution in [3.05, 3.63) is 27.7 Å². The number of aromatic nitrogens is 4. The van der Waals surface area contributed by atoms with E-state index in [0.29, 0.717) is 18.1 Å². The van der Waals surface area contributed by atoms with Crippen LogP contribution in [0, 0.1) is 17.0 Å². The molecular weight excluding hydrogens is 260 g/mol. The lowest BCUT2D eigenvalue weighted by atomic mass is 10.3. The van der Waals surface area contributed by atoms with E-state index in [1.54, 1.807) is 16.3 Å². The smallest absolute Gasteiger partial charge is 0.332 e. The van der Waals surface area contributed by atoms with Crippen LogP contribution in [0.1, 0.15) is 25.2 Å². The Morgan fingerprint density at radius 1 is 1.40 bits per heavy atom. The molecule has 0 bridgehead atoms. The first-order valence-corrected chi connectivity index (χ1v) is 6.49. The average Bonchev–Trinajstić information content (AvgIpc) is 2.89. The third kappa shape index (κ3) is 2.36. The monoisotopic (exact) mass is 278 g/mol. The molecule has 0 radical (unpaired) electrons. The van der Waals surface area contributed by atoms with Crippen LogP contribution in [0.5, 0.6) is 0 Å². The Balaban J connectivity index is 2.49. The van der Waals surface area contributed by atoms with E-state index in [-0.39, 0.29) is 5.69 Å². The second-order valence-electron chi connectivity index (χ2n) is 4.50. The summed E-state index contributed by atoms with van der Waals surface area (Å²) in [5, 5.41) is 22.8. The van der Waals surface area contributed by atoms with Crippen molar-refractivity contribution in [3.8, 4) is 0 Å². The molecule has 2 aromatic rings. The molecule has 0 aliphatic heterocycles. The van der Waals surface area contributed by atoms with Gasteiger partial charge in [0, 0.05) is 19.8 Å².